The van der Waals surface area contributed by atoms with Crippen molar-refractivity contribution in [2.45, 2.75) is 31.3 Å². The van der Waals surface area contributed by atoms with Crippen molar-refractivity contribution in [3.63, 3.8) is 0 Å². The Bertz CT molecular complexity index is 922. The number of carbonyl (C=O) groups is 1. The van der Waals surface area contributed by atoms with Crippen LogP contribution in [0.3, 0.4) is 0 Å². The van der Waals surface area contributed by atoms with Crippen LogP contribution in [0.5, 0.6) is 0 Å². The number of aryl methyl sites for hydroxylation is 1. The van der Waals surface area contributed by atoms with E-state index < -0.39 is 10.0 Å². The summed E-state index contributed by atoms with van der Waals surface area (Å²) in [7, 11) is -1.68. The molecule has 0 saturated carbocycles. The van der Waals surface area contributed by atoms with Gasteiger partial charge in [0.2, 0.25) is 15.9 Å². The Kier molecular flexibility index (Phi) is 6.72. The molecule has 0 spiro atoms. The van der Waals surface area contributed by atoms with E-state index in [9.17, 15) is 13.2 Å². The number of sulfonamides is 1. The van der Waals surface area contributed by atoms with Crippen molar-refractivity contribution in [1.29, 1.82) is 0 Å². The smallest absolute Gasteiger partial charge is 0.243 e. The maximum absolute atomic E-state index is 12.9. The summed E-state index contributed by atoms with van der Waals surface area (Å²) in [4.78, 5) is 16.9. The molecule has 1 atom stereocenters. The Balaban J connectivity index is 1.58. The van der Waals surface area contributed by atoms with Crippen LogP contribution in [0.25, 0.3) is 0 Å². The van der Waals surface area contributed by atoms with Gasteiger partial charge in [0.15, 0.2) is 0 Å². The quantitative estimate of drug-likeness (QED) is 0.727. The minimum Gasteiger partial charge on any atom is -0.340 e. The highest BCUT2D eigenvalue weighted by molar-refractivity contribution is 7.89. The Morgan fingerprint density at radius 2 is 1.59 bits per heavy atom. The fourth-order valence-electron chi connectivity index (χ4n) is 3.60. The Hall–Kier alpha value is -2.22. The summed E-state index contributed by atoms with van der Waals surface area (Å²) >= 11 is 0. The predicted octanol–water partition coefficient (Wildman–Crippen LogP) is 2.35. The van der Waals surface area contributed by atoms with Crippen LogP contribution in [0.4, 0.5) is 0 Å². The molecule has 2 aromatic rings. The lowest BCUT2D eigenvalue weighted by Crippen LogP contribution is -2.54. The number of rotatable bonds is 6. The molecule has 156 valence electrons. The number of hydrogen-bond acceptors (Lipinski definition) is 4. The molecule has 7 heteroatoms. The molecule has 0 aromatic heterocycles. The largest absolute Gasteiger partial charge is 0.340 e. The molecule has 0 bridgehead atoms. The number of piperazine rings is 1. The Morgan fingerprint density at radius 3 is 2.17 bits per heavy atom. The molecule has 1 fully saturated rings. The fraction of sp³-hybridized carbons (Fsp3) is 0.409. The zero-order chi connectivity index (χ0) is 21.0. The predicted molar refractivity (Wildman–Crippen MR) is 114 cm³/mol. The third-order valence-corrected chi connectivity index (χ3v) is 7.39. The van der Waals surface area contributed by atoms with Crippen LogP contribution in [0, 0.1) is 6.92 Å². The normalized spacial score (nSPS) is 17.1. The van der Waals surface area contributed by atoms with Gasteiger partial charge in [0, 0.05) is 39.8 Å². The number of hydrogen-bond donors (Lipinski definition) is 0. The van der Waals surface area contributed by atoms with Crippen molar-refractivity contribution in [3.05, 3.63) is 65.7 Å². The van der Waals surface area contributed by atoms with E-state index in [1.54, 1.807) is 17.0 Å². The van der Waals surface area contributed by atoms with Gasteiger partial charge in [-0.15, -0.1) is 0 Å². The van der Waals surface area contributed by atoms with Crippen LogP contribution >= 0.6 is 0 Å². The molecule has 1 aliphatic heterocycles. The molecule has 1 heterocycles. The zero-order valence-corrected chi connectivity index (χ0v) is 18.1. The summed E-state index contributed by atoms with van der Waals surface area (Å²) in [6, 6.07) is 16.5. The van der Waals surface area contributed by atoms with Gasteiger partial charge in [-0.3, -0.25) is 9.69 Å². The van der Waals surface area contributed by atoms with Crippen LogP contribution < -0.4 is 0 Å². The van der Waals surface area contributed by atoms with Gasteiger partial charge >= 0.3 is 0 Å². The van der Waals surface area contributed by atoms with E-state index in [0.29, 0.717) is 37.6 Å². The molecule has 29 heavy (non-hydrogen) atoms. The number of carbonyl (C=O) groups excluding carboxylic acids is 1. The van der Waals surface area contributed by atoms with Crippen LogP contribution in [0.2, 0.25) is 0 Å². The van der Waals surface area contributed by atoms with Crippen molar-refractivity contribution in [3.8, 4) is 0 Å². The fourth-order valence-corrected chi connectivity index (χ4v) is 5.02. The lowest BCUT2D eigenvalue weighted by atomic mass is 10.2. The van der Waals surface area contributed by atoms with Crippen molar-refractivity contribution < 1.29 is 13.2 Å². The van der Waals surface area contributed by atoms with E-state index in [-0.39, 0.29) is 11.9 Å². The molecule has 3 rings (SSSR count). The lowest BCUT2D eigenvalue weighted by Gasteiger charge is -2.37. The molecule has 1 saturated heterocycles. The topological polar surface area (TPSA) is 60.9 Å². The monoisotopic (exact) mass is 415 g/mol. The molecular formula is C22H29N3O3S. The van der Waals surface area contributed by atoms with Crippen molar-refractivity contribution >= 4 is 15.9 Å². The minimum absolute atomic E-state index is 0.0451. The van der Waals surface area contributed by atoms with Crippen LogP contribution in [-0.2, 0) is 21.4 Å². The van der Waals surface area contributed by atoms with Crippen LogP contribution in [0.15, 0.2) is 59.5 Å². The molecular weight excluding hydrogens is 386 g/mol. The van der Waals surface area contributed by atoms with E-state index in [1.165, 1.54) is 4.31 Å². The van der Waals surface area contributed by atoms with E-state index in [1.807, 2.05) is 63.4 Å². The molecule has 0 aliphatic carbocycles. The third kappa shape index (κ3) is 5.04. The molecule has 6 nitrogen and oxygen atoms in total. The molecule has 1 amide bonds. The van der Waals surface area contributed by atoms with Gasteiger partial charge in [0.05, 0.1) is 10.9 Å². The first-order valence-corrected chi connectivity index (χ1v) is 11.3. The van der Waals surface area contributed by atoms with Crippen molar-refractivity contribution in [2.75, 3.05) is 33.2 Å². The number of benzene rings is 2. The summed E-state index contributed by atoms with van der Waals surface area (Å²) in [6.07, 6.45) is 0. The molecule has 2 aromatic carbocycles. The highest BCUT2D eigenvalue weighted by Gasteiger charge is 2.32. The Morgan fingerprint density at radius 1 is 1.00 bits per heavy atom. The van der Waals surface area contributed by atoms with Crippen molar-refractivity contribution in [2.24, 2.45) is 0 Å². The van der Waals surface area contributed by atoms with E-state index in [4.69, 9.17) is 0 Å². The van der Waals surface area contributed by atoms with Gasteiger partial charge in [0.1, 0.15) is 0 Å². The highest BCUT2D eigenvalue weighted by atomic mass is 32.2. The van der Waals surface area contributed by atoms with Gasteiger partial charge in [-0.05, 0) is 31.5 Å². The second-order valence-electron chi connectivity index (χ2n) is 7.61. The summed E-state index contributed by atoms with van der Waals surface area (Å²) in [5.41, 5.74) is 2.12. The lowest BCUT2D eigenvalue weighted by molar-refractivity contribution is -0.136. The standard InChI is InChI=1S/C22H29N3O3S/c1-18-9-11-21(12-10-18)29(27,28)25-15-13-24(14-16-25)19(2)22(26)23(3)17-20-7-5-4-6-8-20/h4-12,19H,13-17H2,1-3H3/t19-/m0/s1. The van der Waals surface area contributed by atoms with Crippen molar-refractivity contribution in [1.82, 2.24) is 14.1 Å². The van der Waals surface area contributed by atoms with Gasteiger partial charge in [-0.1, -0.05) is 48.0 Å². The second-order valence-corrected chi connectivity index (χ2v) is 9.55. The molecule has 0 unspecified atom stereocenters. The van der Waals surface area contributed by atoms with Gasteiger partial charge in [-0.25, -0.2) is 8.42 Å². The van der Waals surface area contributed by atoms with Crippen LogP contribution in [-0.4, -0.2) is 67.7 Å². The van der Waals surface area contributed by atoms with Crippen LogP contribution in [0.1, 0.15) is 18.1 Å². The SMILES string of the molecule is Cc1ccc(S(=O)(=O)N2CCN([C@@H](C)C(=O)N(C)Cc3ccccc3)CC2)cc1. The Labute approximate surface area is 173 Å². The maximum atomic E-state index is 12.9. The first-order valence-electron chi connectivity index (χ1n) is 9.89. The zero-order valence-electron chi connectivity index (χ0n) is 17.3. The van der Waals surface area contributed by atoms with Gasteiger partial charge in [-0.2, -0.15) is 4.31 Å². The molecule has 0 radical (unpaired) electrons. The summed E-state index contributed by atoms with van der Waals surface area (Å²) in [5.74, 6) is 0.0451. The second kappa shape index (κ2) is 9.07. The number of nitrogens with zero attached hydrogens (tertiary/aromatic N) is 3. The maximum Gasteiger partial charge on any atom is 0.243 e. The first-order chi connectivity index (χ1) is 13.8. The van der Waals surface area contributed by atoms with E-state index >= 15 is 0 Å². The van der Waals surface area contributed by atoms with Gasteiger partial charge < -0.3 is 4.90 Å². The average molecular weight is 416 g/mol. The summed E-state index contributed by atoms with van der Waals surface area (Å²) in [6.45, 7) is 6.24. The first kappa shape index (κ1) is 21.5. The molecule has 0 N–H and O–H groups in total. The summed E-state index contributed by atoms with van der Waals surface area (Å²) < 4.78 is 27.2. The average Bonchev–Trinajstić information content (AvgIpc) is 2.73. The highest BCUT2D eigenvalue weighted by Crippen LogP contribution is 2.19. The number of likely N-dealkylation sites (N-methyl/N-ethyl adjacent to an activating group) is 1. The summed E-state index contributed by atoms with van der Waals surface area (Å²) in [5, 5.41) is 0. The van der Waals surface area contributed by atoms with E-state index in [2.05, 4.69) is 4.90 Å². The minimum atomic E-state index is -3.49. The third-order valence-electron chi connectivity index (χ3n) is 5.48. The van der Waals surface area contributed by atoms with E-state index in [0.717, 1.165) is 11.1 Å². The van der Waals surface area contributed by atoms with Gasteiger partial charge in [0.25, 0.3) is 0 Å². The number of amides is 1. The molecule has 1 aliphatic rings.